The Bertz CT molecular complexity index is 713. The minimum absolute atomic E-state index is 0.0149. The Morgan fingerprint density at radius 2 is 1.77 bits per heavy atom. The molecule has 1 atom stereocenters. The number of para-hydroxylation sites is 2. The molecule has 22 heavy (non-hydrogen) atoms. The molecule has 6 heteroatoms. The second-order valence-corrected chi connectivity index (χ2v) is 5.03. The Morgan fingerprint density at radius 1 is 1.09 bits per heavy atom. The highest BCUT2D eigenvalue weighted by Crippen LogP contribution is 2.26. The molecule has 2 aromatic rings. The molecule has 0 fully saturated rings. The molecule has 3 rings (SSSR count). The van der Waals surface area contributed by atoms with Crippen LogP contribution in [0.5, 0.6) is 5.75 Å². The number of fused-ring (bicyclic) bond motifs is 1. The Labute approximate surface area is 127 Å². The molecule has 112 valence electrons. The number of carbonyl (C=O) groups excluding carboxylic acids is 2. The molecule has 1 aliphatic rings. The van der Waals surface area contributed by atoms with Crippen molar-refractivity contribution in [2.75, 3.05) is 16.0 Å². The summed E-state index contributed by atoms with van der Waals surface area (Å²) in [6.07, 6.45) is 0.0149. The van der Waals surface area contributed by atoms with E-state index in [4.69, 9.17) is 0 Å². The van der Waals surface area contributed by atoms with Crippen molar-refractivity contribution < 1.29 is 14.7 Å². The van der Waals surface area contributed by atoms with Crippen LogP contribution in [0.4, 0.5) is 17.1 Å². The standard InChI is InChI=1S/C16H15N3O3/c20-11-7-5-10(6-8-11)17-15(21)9-14-16(22)19-13-4-2-1-3-12(13)18-14/h1-8,14,18,20H,9H2,(H,17,21)(H,19,22)/t14-/m0/s1. The van der Waals surface area contributed by atoms with Gasteiger partial charge in [0.15, 0.2) is 0 Å². The third-order valence-electron chi connectivity index (χ3n) is 3.37. The van der Waals surface area contributed by atoms with Gasteiger partial charge in [0.05, 0.1) is 17.8 Å². The molecule has 0 saturated heterocycles. The minimum atomic E-state index is -0.619. The zero-order valence-electron chi connectivity index (χ0n) is 11.7. The van der Waals surface area contributed by atoms with Crippen LogP contribution in [0, 0.1) is 0 Å². The first-order valence-electron chi connectivity index (χ1n) is 6.87. The van der Waals surface area contributed by atoms with E-state index in [1.807, 2.05) is 18.2 Å². The first-order chi connectivity index (χ1) is 10.6. The van der Waals surface area contributed by atoms with Crippen LogP contribution in [0.2, 0.25) is 0 Å². The fourth-order valence-electron chi connectivity index (χ4n) is 2.28. The number of hydrogen-bond acceptors (Lipinski definition) is 4. The Hall–Kier alpha value is -3.02. The molecule has 0 saturated carbocycles. The first kappa shape index (κ1) is 13.9. The predicted octanol–water partition coefficient (Wildman–Crippen LogP) is 2.15. The summed E-state index contributed by atoms with van der Waals surface area (Å²) in [5.74, 6) is -0.389. The smallest absolute Gasteiger partial charge is 0.247 e. The van der Waals surface area contributed by atoms with Gasteiger partial charge in [-0.15, -0.1) is 0 Å². The number of rotatable bonds is 3. The molecule has 2 amide bonds. The van der Waals surface area contributed by atoms with Gasteiger partial charge in [0.2, 0.25) is 11.8 Å². The van der Waals surface area contributed by atoms with Gasteiger partial charge in [-0.25, -0.2) is 0 Å². The molecule has 0 bridgehead atoms. The maximum atomic E-state index is 12.0. The lowest BCUT2D eigenvalue weighted by atomic mass is 10.1. The Kier molecular flexibility index (Phi) is 3.65. The van der Waals surface area contributed by atoms with Gasteiger partial charge in [-0.3, -0.25) is 9.59 Å². The summed E-state index contributed by atoms with van der Waals surface area (Å²) in [4.78, 5) is 24.0. The fourth-order valence-corrected chi connectivity index (χ4v) is 2.28. The van der Waals surface area contributed by atoms with Crippen LogP contribution in [0.25, 0.3) is 0 Å². The van der Waals surface area contributed by atoms with Gasteiger partial charge in [0, 0.05) is 5.69 Å². The maximum Gasteiger partial charge on any atom is 0.247 e. The summed E-state index contributed by atoms with van der Waals surface area (Å²) in [6.45, 7) is 0. The Morgan fingerprint density at radius 3 is 2.50 bits per heavy atom. The number of phenols is 1. The zero-order chi connectivity index (χ0) is 15.5. The van der Waals surface area contributed by atoms with Crippen LogP contribution in [-0.2, 0) is 9.59 Å². The Balaban J connectivity index is 1.64. The van der Waals surface area contributed by atoms with Crippen LogP contribution in [-0.4, -0.2) is 23.0 Å². The number of hydrogen-bond donors (Lipinski definition) is 4. The monoisotopic (exact) mass is 297 g/mol. The van der Waals surface area contributed by atoms with Gasteiger partial charge in [-0.1, -0.05) is 12.1 Å². The van der Waals surface area contributed by atoms with E-state index in [9.17, 15) is 14.7 Å². The van der Waals surface area contributed by atoms with Crippen LogP contribution in [0.1, 0.15) is 6.42 Å². The summed E-state index contributed by atoms with van der Waals surface area (Å²) in [6, 6.07) is 12.9. The molecular weight excluding hydrogens is 282 g/mol. The summed E-state index contributed by atoms with van der Waals surface area (Å²) >= 11 is 0. The SMILES string of the molecule is O=C(C[C@@H]1Nc2ccccc2NC1=O)Nc1ccc(O)cc1. The van der Waals surface area contributed by atoms with Crippen molar-refractivity contribution in [1.82, 2.24) is 0 Å². The molecule has 6 nitrogen and oxygen atoms in total. The van der Waals surface area contributed by atoms with Gasteiger partial charge in [-0.05, 0) is 36.4 Å². The number of amides is 2. The second kappa shape index (κ2) is 5.77. The van der Waals surface area contributed by atoms with Crippen LogP contribution >= 0.6 is 0 Å². The molecular formula is C16H15N3O3. The van der Waals surface area contributed by atoms with E-state index in [0.29, 0.717) is 11.4 Å². The minimum Gasteiger partial charge on any atom is -0.508 e. The maximum absolute atomic E-state index is 12.0. The highest BCUT2D eigenvalue weighted by molar-refractivity contribution is 6.06. The molecule has 0 unspecified atom stereocenters. The van der Waals surface area contributed by atoms with Crippen molar-refractivity contribution in [3.8, 4) is 5.75 Å². The molecule has 2 aromatic carbocycles. The summed E-state index contributed by atoms with van der Waals surface area (Å²) in [7, 11) is 0. The summed E-state index contributed by atoms with van der Waals surface area (Å²) in [5.41, 5.74) is 2.08. The van der Waals surface area contributed by atoms with Gasteiger partial charge in [0.1, 0.15) is 11.8 Å². The number of aromatic hydroxyl groups is 1. The van der Waals surface area contributed by atoms with Gasteiger partial charge >= 0.3 is 0 Å². The number of anilines is 3. The fraction of sp³-hybridized carbons (Fsp3) is 0.125. The average molecular weight is 297 g/mol. The van der Waals surface area contributed by atoms with E-state index in [1.54, 1.807) is 18.2 Å². The van der Waals surface area contributed by atoms with E-state index < -0.39 is 6.04 Å². The molecule has 1 heterocycles. The molecule has 0 aliphatic carbocycles. The average Bonchev–Trinajstić information content (AvgIpc) is 2.50. The molecule has 4 N–H and O–H groups in total. The zero-order valence-corrected chi connectivity index (χ0v) is 11.7. The molecule has 0 aromatic heterocycles. The number of benzene rings is 2. The van der Waals surface area contributed by atoms with Crippen molar-refractivity contribution in [2.24, 2.45) is 0 Å². The normalized spacial score (nSPS) is 16.2. The van der Waals surface area contributed by atoms with Gasteiger partial charge in [0.25, 0.3) is 0 Å². The molecule has 0 radical (unpaired) electrons. The van der Waals surface area contributed by atoms with E-state index in [1.165, 1.54) is 12.1 Å². The highest BCUT2D eigenvalue weighted by atomic mass is 16.3. The summed E-state index contributed by atoms with van der Waals surface area (Å²) in [5, 5.41) is 17.7. The lowest BCUT2D eigenvalue weighted by Gasteiger charge is -2.26. The van der Waals surface area contributed by atoms with Crippen molar-refractivity contribution in [3.05, 3.63) is 48.5 Å². The topological polar surface area (TPSA) is 90.5 Å². The quantitative estimate of drug-likeness (QED) is 0.653. The van der Waals surface area contributed by atoms with E-state index >= 15 is 0 Å². The summed E-state index contributed by atoms with van der Waals surface area (Å²) < 4.78 is 0. The van der Waals surface area contributed by atoms with Crippen molar-refractivity contribution in [1.29, 1.82) is 0 Å². The highest BCUT2D eigenvalue weighted by Gasteiger charge is 2.27. The number of phenolic OH excluding ortho intramolecular Hbond substituents is 1. The first-order valence-corrected chi connectivity index (χ1v) is 6.87. The largest absolute Gasteiger partial charge is 0.508 e. The predicted molar refractivity (Wildman–Crippen MR) is 83.8 cm³/mol. The van der Waals surface area contributed by atoms with Gasteiger partial charge in [-0.2, -0.15) is 0 Å². The van der Waals surface area contributed by atoms with E-state index in [-0.39, 0.29) is 24.0 Å². The molecule has 1 aliphatic heterocycles. The van der Waals surface area contributed by atoms with Crippen LogP contribution in [0.15, 0.2) is 48.5 Å². The third kappa shape index (κ3) is 3.01. The van der Waals surface area contributed by atoms with Crippen molar-refractivity contribution in [3.63, 3.8) is 0 Å². The van der Waals surface area contributed by atoms with E-state index in [2.05, 4.69) is 16.0 Å². The second-order valence-electron chi connectivity index (χ2n) is 5.03. The van der Waals surface area contributed by atoms with Crippen molar-refractivity contribution in [2.45, 2.75) is 12.5 Å². The lowest BCUT2D eigenvalue weighted by Crippen LogP contribution is -2.41. The third-order valence-corrected chi connectivity index (χ3v) is 3.37. The van der Waals surface area contributed by atoms with Gasteiger partial charge < -0.3 is 21.1 Å². The van der Waals surface area contributed by atoms with Crippen molar-refractivity contribution >= 4 is 28.9 Å². The lowest BCUT2D eigenvalue weighted by molar-refractivity contribution is -0.122. The van der Waals surface area contributed by atoms with E-state index in [0.717, 1.165) is 5.69 Å². The van der Waals surface area contributed by atoms with Crippen LogP contribution < -0.4 is 16.0 Å². The molecule has 0 spiro atoms. The number of carbonyl (C=O) groups is 2. The number of nitrogens with one attached hydrogen (secondary N) is 3. The van der Waals surface area contributed by atoms with Crippen LogP contribution in [0.3, 0.4) is 0 Å².